The minimum absolute atomic E-state index is 0.360. The first-order chi connectivity index (χ1) is 10.0. The Morgan fingerprint density at radius 1 is 1.33 bits per heavy atom. The van der Waals surface area contributed by atoms with Gasteiger partial charge in [0.2, 0.25) is 0 Å². The summed E-state index contributed by atoms with van der Waals surface area (Å²) in [7, 11) is 1.60. The fraction of sp³-hybridized carbons (Fsp3) is 0.250. The zero-order valence-corrected chi connectivity index (χ0v) is 14.2. The van der Waals surface area contributed by atoms with E-state index in [0.717, 1.165) is 21.3 Å². The van der Waals surface area contributed by atoms with Crippen molar-refractivity contribution < 1.29 is 9.84 Å². The van der Waals surface area contributed by atoms with Crippen molar-refractivity contribution in [3.05, 3.63) is 57.0 Å². The van der Waals surface area contributed by atoms with Crippen LogP contribution in [0.4, 0.5) is 5.69 Å². The topological polar surface area (TPSA) is 41.5 Å². The van der Waals surface area contributed by atoms with Gasteiger partial charge in [-0.3, -0.25) is 0 Å². The summed E-state index contributed by atoms with van der Waals surface area (Å²) in [5.74, 6) is 0.681. The number of nitrogens with one attached hydrogen (secondary N) is 1. The molecule has 2 aromatic rings. The molecule has 2 rings (SSSR count). The zero-order chi connectivity index (χ0) is 15.4. The Bertz CT molecular complexity index is 634. The van der Waals surface area contributed by atoms with Crippen molar-refractivity contribution in [1.29, 1.82) is 0 Å². The maximum absolute atomic E-state index is 10.4. The molecule has 112 valence electrons. The average Bonchev–Trinajstić information content (AvgIpc) is 2.48. The lowest BCUT2D eigenvalue weighted by molar-refractivity contribution is 0.187. The SMILES string of the molecule is COc1ccc(C)cc1C(O)CNc1cccc(Cl)c1Br. The van der Waals surface area contributed by atoms with Crippen LogP contribution in [-0.4, -0.2) is 18.8 Å². The van der Waals surface area contributed by atoms with Gasteiger partial charge in [0.1, 0.15) is 5.75 Å². The van der Waals surface area contributed by atoms with Crippen LogP contribution in [0, 0.1) is 6.92 Å². The molecule has 1 atom stereocenters. The van der Waals surface area contributed by atoms with Crippen LogP contribution in [0.5, 0.6) is 5.75 Å². The quantitative estimate of drug-likeness (QED) is 0.810. The lowest BCUT2D eigenvalue weighted by Crippen LogP contribution is -2.13. The van der Waals surface area contributed by atoms with Crippen LogP contribution < -0.4 is 10.1 Å². The number of aryl methyl sites for hydroxylation is 1. The minimum Gasteiger partial charge on any atom is -0.496 e. The van der Waals surface area contributed by atoms with Crippen LogP contribution in [0.25, 0.3) is 0 Å². The van der Waals surface area contributed by atoms with Crippen LogP contribution in [-0.2, 0) is 0 Å². The molecular weight excluding hydrogens is 354 g/mol. The molecule has 5 heteroatoms. The Morgan fingerprint density at radius 3 is 2.81 bits per heavy atom. The van der Waals surface area contributed by atoms with Gasteiger partial charge >= 0.3 is 0 Å². The molecule has 0 saturated heterocycles. The first-order valence-electron chi connectivity index (χ1n) is 6.53. The number of benzene rings is 2. The van der Waals surface area contributed by atoms with Gasteiger partial charge in [-0.1, -0.05) is 29.3 Å². The molecule has 0 spiro atoms. The molecule has 21 heavy (non-hydrogen) atoms. The van der Waals surface area contributed by atoms with E-state index in [4.69, 9.17) is 16.3 Å². The lowest BCUT2D eigenvalue weighted by Gasteiger charge is -2.17. The highest BCUT2D eigenvalue weighted by Crippen LogP contribution is 2.31. The van der Waals surface area contributed by atoms with E-state index in [-0.39, 0.29) is 0 Å². The van der Waals surface area contributed by atoms with Crippen molar-refractivity contribution in [2.45, 2.75) is 13.0 Å². The Labute approximate surface area is 138 Å². The number of aliphatic hydroxyl groups is 1. The predicted molar refractivity (Wildman–Crippen MR) is 90.3 cm³/mol. The van der Waals surface area contributed by atoms with Gasteiger partial charge in [-0.15, -0.1) is 0 Å². The number of ether oxygens (including phenoxy) is 1. The van der Waals surface area contributed by atoms with Gasteiger partial charge in [0.05, 0.1) is 28.4 Å². The minimum atomic E-state index is -0.675. The highest BCUT2D eigenvalue weighted by molar-refractivity contribution is 9.10. The van der Waals surface area contributed by atoms with Gasteiger partial charge in [-0.2, -0.15) is 0 Å². The summed E-state index contributed by atoms with van der Waals surface area (Å²) >= 11 is 9.47. The molecule has 0 saturated carbocycles. The van der Waals surface area contributed by atoms with Crippen LogP contribution in [0.1, 0.15) is 17.2 Å². The Morgan fingerprint density at radius 2 is 2.10 bits per heavy atom. The predicted octanol–water partition coefficient (Wildman–Crippen LogP) is 4.57. The molecule has 0 amide bonds. The highest BCUT2D eigenvalue weighted by Gasteiger charge is 2.14. The van der Waals surface area contributed by atoms with Crippen molar-refractivity contribution in [2.24, 2.45) is 0 Å². The molecule has 0 bridgehead atoms. The third-order valence-corrected chi connectivity index (χ3v) is 4.58. The zero-order valence-electron chi connectivity index (χ0n) is 11.9. The number of anilines is 1. The van der Waals surface area contributed by atoms with Crippen molar-refractivity contribution >= 4 is 33.2 Å². The number of hydrogen-bond donors (Lipinski definition) is 2. The van der Waals surface area contributed by atoms with E-state index >= 15 is 0 Å². The molecule has 1 unspecified atom stereocenters. The summed E-state index contributed by atoms with van der Waals surface area (Å²) in [5.41, 5.74) is 2.69. The second kappa shape index (κ2) is 7.16. The Balaban J connectivity index is 2.13. The summed E-state index contributed by atoms with van der Waals surface area (Å²) in [6.45, 7) is 2.34. The molecule has 0 fully saturated rings. The fourth-order valence-corrected chi connectivity index (χ4v) is 2.65. The normalized spacial score (nSPS) is 12.0. The number of hydrogen-bond acceptors (Lipinski definition) is 3. The molecule has 0 heterocycles. The van der Waals surface area contributed by atoms with Crippen LogP contribution >= 0.6 is 27.5 Å². The summed E-state index contributed by atoms with van der Waals surface area (Å²) in [6.07, 6.45) is -0.675. The number of halogens is 2. The Kier molecular flexibility index (Phi) is 5.51. The molecular formula is C16H17BrClNO2. The van der Waals surface area contributed by atoms with E-state index in [1.165, 1.54) is 0 Å². The smallest absolute Gasteiger partial charge is 0.124 e. The third-order valence-electron chi connectivity index (χ3n) is 3.18. The van der Waals surface area contributed by atoms with E-state index in [2.05, 4.69) is 21.2 Å². The van der Waals surface area contributed by atoms with Gasteiger partial charge in [-0.05, 0) is 47.1 Å². The van der Waals surface area contributed by atoms with E-state index in [1.54, 1.807) is 13.2 Å². The maximum Gasteiger partial charge on any atom is 0.124 e. The molecule has 0 aliphatic carbocycles. The molecule has 0 aliphatic heterocycles. The van der Waals surface area contributed by atoms with E-state index in [1.807, 2.05) is 37.3 Å². The molecule has 3 nitrogen and oxygen atoms in total. The lowest BCUT2D eigenvalue weighted by atomic mass is 10.1. The van der Waals surface area contributed by atoms with Crippen molar-refractivity contribution in [1.82, 2.24) is 0 Å². The second-order valence-electron chi connectivity index (χ2n) is 4.74. The number of rotatable bonds is 5. The monoisotopic (exact) mass is 369 g/mol. The van der Waals surface area contributed by atoms with Crippen molar-refractivity contribution in [2.75, 3.05) is 19.0 Å². The highest BCUT2D eigenvalue weighted by atomic mass is 79.9. The van der Waals surface area contributed by atoms with Crippen molar-refractivity contribution in [3.63, 3.8) is 0 Å². The van der Waals surface area contributed by atoms with Gasteiger partial charge in [0.15, 0.2) is 0 Å². The second-order valence-corrected chi connectivity index (χ2v) is 5.94. The summed E-state index contributed by atoms with van der Waals surface area (Å²) < 4.78 is 6.09. The molecule has 0 aromatic heterocycles. The van der Waals surface area contributed by atoms with Crippen LogP contribution in [0.2, 0.25) is 5.02 Å². The van der Waals surface area contributed by atoms with E-state index < -0.39 is 6.10 Å². The van der Waals surface area contributed by atoms with Gasteiger partial charge in [-0.25, -0.2) is 0 Å². The standard InChI is InChI=1S/C16H17BrClNO2/c1-10-6-7-15(21-2)11(8-10)14(20)9-19-13-5-3-4-12(18)16(13)17/h3-8,14,19-20H,9H2,1-2H3. The Hall–Kier alpha value is -1.23. The molecule has 0 aliphatic rings. The van der Waals surface area contributed by atoms with Crippen LogP contribution in [0.15, 0.2) is 40.9 Å². The number of aliphatic hydroxyl groups excluding tert-OH is 1. The van der Waals surface area contributed by atoms with E-state index in [9.17, 15) is 5.11 Å². The number of methoxy groups -OCH3 is 1. The average molecular weight is 371 g/mol. The third kappa shape index (κ3) is 3.90. The fourth-order valence-electron chi connectivity index (χ4n) is 2.07. The maximum atomic E-state index is 10.4. The largest absolute Gasteiger partial charge is 0.496 e. The van der Waals surface area contributed by atoms with Gasteiger partial charge in [0, 0.05) is 12.1 Å². The molecule has 2 aromatic carbocycles. The van der Waals surface area contributed by atoms with Crippen molar-refractivity contribution in [3.8, 4) is 5.75 Å². The van der Waals surface area contributed by atoms with Gasteiger partial charge < -0.3 is 15.2 Å². The summed E-state index contributed by atoms with van der Waals surface area (Å²) in [6, 6.07) is 11.3. The first-order valence-corrected chi connectivity index (χ1v) is 7.70. The molecule has 0 radical (unpaired) electrons. The summed E-state index contributed by atoms with van der Waals surface area (Å²) in [4.78, 5) is 0. The van der Waals surface area contributed by atoms with Crippen LogP contribution in [0.3, 0.4) is 0 Å². The van der Waals surface area contributed by atoms with E-state index in [0.29, 0.717) is 17.3 Å². The molecule has 2 N–H and O–H groups in total. The first kappa shape index (κ1) is 16.1. The van der Waals surface area contributed by atoms with Gasteiger partial charge in [0.25, 0.3) is 0 Å². The summed E-state index contributed by atoms with van der Waals surface area (Å²) in [5, 5.41) is 14.2.